The zero-order valence-corrected chi connectivity index (χ0v) is 14.0. The van der Waals surface area contributed by atoms with Gasteiger partial charge in [0.05, 0.1) is 6.42 Å². The van der Waals surface area contributed by atoms with Crippen LogP contribution in [0.4, 0.5) is 8.78 Å². The Morgan fingerprint density at radius 1 is 1.08 bits per heavy atom. The molecular weight excluding hydrogens is 328 g/mol. The van der Waals surface area contributed by atoms with Gasteiger partial charge < -0.3 is 10.4 Å². The third-order valence-electron chi connectivity index (χ3n) is 4.01. The average Bonchev–Trinajstić information content (AvgIpc) is 2.53. The highest BCUT2D eigenvalue weighted by Crippen LogP contribution is 2.13. The monoisotopic (exact) mass is 347 g/mol. The predicted molar refractivity (Wildman–Crippen MR) is 89.2 cm³/mol. The van der Waals surface area contributed by atoms with Crippen LogP contribution in [0.15, 0.2) is 36.4 Å². The molecule has 25 heavy (non-hydrogen) atoms. The van der Waals surface area contributed by atoms with Gasteiger partial charge in [0, 0.05) is 12.5 Å². The second-order valence-corrected chi connectivity index (χ2v) is 5.99. The van der Waals surface area contributed by atoms with E-state index >= 15 is 0 Å². The molecule has 4 nitrogen and oxygen atoms in total. The standard InChI is InChI=1S/C19H19F2NO3/c1-11-3-4-13(7-12(11)2)8-17(19(24)25)22-18(23)9-14-5-6-15(20)10-16(14)21/h3-7,10,17H,8-9H2,1-2H3,(H,22,23)(H,24,25)/t17-/m1/s1. The summed E-state index contributed by atoms with van der Waals surface area (Å²) in [5, 5.41) is 11.7. The van der Waals surface area contributed by atoms with Gasteiger partial charge >= 0.3 is 5.97 Å². The van der Waals surface area contributed by atoms with E-state index < -0.39 is 29.6 Å². The molecule has 6 heteroatoms. The Hall–Kier alpha value is -2.76. The summed E-state index contributed by atoms with van der Waals surface area (Å²) in [6, 6.07) is 7.35. The molecule has 1 atom stereocenters. The number of hydrogen-bond acceptors (Lipinski definition) is 2. The van der Waals surface area contributed by atoms with Crippen molar-refractivity contribution in [2.45, 2.75) is 32.7 Å². The largest absolute Gasteiger partial charge is 0.480 e. The predicted octanol–water partition coefficient (Wildman–Crippen LogP) is 2.94. The average molecular weight is 347 g/mol. The fourth-order valence-corrected chi connectivity index (χ4v) is 2.45. The van der Waals surface area contributed by atoms with Crippen LogP contribution in [0.1, 0.15) is 22.3 Å². The summed E-state index contributed by atoms with van der Waals surface area (Å²) in [7, 11) is 0. The Kier molecular flexibility index (Phi) is 5.85. The maximum absolute atomic E-state index is 13.6. The molecular formula is C19H19F2NO3. The number of nitrogens with one attached hydrogen (secondary N) is 1. The summed E-state index contributed by atoms with van der Waals surface area (Å²) in [6.45, 7) is 3.87. The van der Waals surface area contributed by atoms with Gasteiger partial charge in [-0.2, -0.15) is 0 Å². The van der Waals surface area contributed by atoms with Crippen LogP contribution in [0.2, 0.25) is 0 Å². The topological polar surface area (TPSA) is 66.4 Å². The van der Waals surface area contributed by atoms with E-state index in [-0.39, 0.29) is 18.4 Å². The summed E-state index contributed by atoms with van der Waals surface area (Å²) in [6.07, 6.45) is -0.239. The molecule has 0 aliphatic rings. The highest BCUT2D eigenvalue weighted by atomic mass is 19.1. The first kappa shape index (κ1) is 18.6. The third kappa shape index (κ3) is 5.11. The van der Waals surface area contributed by atoms with Crippen molar-refractivity contribution in [1.82, 2.24) is 5.32 Å². The molecule has 0 radical (unpaired) electrons. The van der Waals surface area contributed by atoms with Crippen LogP contribution in [0.25, 0.3) is 0 Å². The van der Waals surface area contributed by atoms with Crippen LogP contribution in [0.5, 0.6) is 0 Å². The minimum Gasteiger partial charge on any atom is -0.480 e. The van der Waals surface area contributed by atoms with E-state index in [1.54, 1.807) is 0 Å². The van der Waals surface area contributed by atoms with Crippen molar-refractivity contribution >= 4 is 11.9 Å². The molecule has 132 valence electrons. The van der Waals surface area contributed by atoms with E-state index in [0.717, 1.165) is 22.8 Å². The number of carbonyl (C=O) groups excluding carboxylic acids is 1. The molecule has 2 rings (SSSR count). The van der Waals surface area contributed by atoms with Crippen molar-refractivity contribution in [3.05, 3.63) is 70.3 Å². The second-order valence-electron chi connectivity index (χ2n) is 5.99. The van der Waals surface area contributed by atoms with Crippen LogP contribution in [0.3, 0.4) is 0 Å². The molecule has 0 aromatic heterocycles. The quantitative estimate of drug-likeness (QED) is 0.844. The number of halogens is 2. The first-order valence-electron chi connectivity index (χ1n) is 7.78. The van der Waals surface area contributed by atoms with Crippen LogP contribution in [-0.2, 0) is 22.4 Å². The second kappa shape index (κ2) is 7.88. The molecule has 0 aliphatic heterocycles. The summed E-state index contributed by atoms with van der Waals surface area (Å²) in [5.41, 5.74) is 2.91. The lowest BCUT2D eigenvalue weighted by Crippen LogP contribution is -2.43. The molecule has 0 fully saturated rings. The van der Waals surface area contributed by atoms with Crippen LogP contribution >= 0.6 is 0 Å². The van der Waals surface area contributed by atoms with E-state index in [4.69, 9.17) is 0 Å². The Morgan fingerprint density at radius 2 is 1.80 bits per heavy atom. The molecule has 0 saturated heterocycles. The summed E-state index contributed by atoms with van der Waals surface area (Å²) in [4.78, 5) is 23.5. The van der Waals surface area contributed by atoms with Crippen molar-refractivity contribution in [2.75, 3.05) is 0 Å². The van der Waals surface area contributed by atoms with Crippen molar-refractivity contribution < 1.29 is 23.5 Å². The van der Waals surface area contributed by atoms with Gasteiger partial charge in [0.25, 0.3) is 0 Å². The normalized spacial score (nSPS) is 11.8. The number of amides is 1. The molecule has 0 saturated carbocycles. The van der Waals surface area contributed by atoms with Gasteiger partial charge in [-0.1, -0.05) is 24.3 Å². The summed E-state index contributed by atoms with van der Waals surface area (Å²) >= 11 is 0. The first-order chi connectivity index (χ1) is 11.8. The van der Waals surface area contributed by atoms with E-state index in [2.05, 4.69) is 5.32 Å². The zero-order valence-electron chi connectivity index (χ0n) is 14.0. The van der Waals surface area contributed by atoms with Crippen LogP contribution in [0, 0.1) is 25.5 Å². The summed E-state index contributed by atoms with van der Waals surface area (Å²) < 4.78 is 26.5. The van der Waals surface area contributed by atoms with Gasteiger partial charge in [0.2, 0.25) is 5.91 Å². The molecule has 0 heterocycles. The molecule has 2 aromatic rings. The van der Waals surface area contributed by atoms with Crippen LogP contribution < -0.4 is 5.32 Å². The smallest absolute Gasteiger partial charge is 0.326 e. The Bertz CT molecular complexity index is 805. The Labute approximate surface area is 144 Å². The number of carbonyl (C=O) groups is 2. The van der Waals surface area contributed by atoms with Crippen molar-refractivity contribution in [2.24, 2.45) is 0 Å². The highest BCUT2D eigenvalue weighted by Gasteiger charge is 2.21. The van der Waals surface area contributed by atoms with Gasteiger partial charge in [0.1, 0.15) is 17.7 Å². The Balaban J connectivity index is 2.06. The van der Waals surface area contributed by atoms with Crippen molar-refractivity contribution in [3.8, 4) is 0 Å². The first-order valence-corrected chi connectivity index (χ1v) is 7.78. The Morgan fingerprint density at radius 3 is 2.40 bits per heavy atom. The maximum Gasteiger partial charge on any atom is 0.326 e. The number of carboxylic acids is 1. The number of rotatable bonds is 6. The number of hydrogen-bond donors (Lipinski definition) is 2. The maximum atomic E-state index is 13.6. The highest BCUT2D eigenvalue weighted by molar-refractivity contribution is 5.85. The summed E-state index contributed by atoms with van der Waals surface area (Å²) in [5.74, 6) is -3.39. The molecule has 0 bridgehead atoms. The third-order valence-corrected chi connectivity index (χ3v) is 4.01. The van der Waals surface area contributed by atoms with Crippen LogP contribution in [-0.4, -0.2) is 23.0 Å². The molecule has 0 unspecified atom stereocenters. The fraction of sp³-hybridized carbons (Fsp3) is 0.263. The number of carboxylic acid groups (broad SMARTS) is 1. The fourth-order valence-electron chi connectivity index (χ4n) is 2.45. The molecule has 2 N–H and O–H groups in total. The molecule has 1 amide bonds. The van der Waals surface area contributed by atoms with E-state index in [9.17, 15) is 23.5 Å². The van der Waals surface area contributed by atoms with Gasteiger partial charge in [-0.05, 0) is 42.2 Å². The van der Waals surface area contributed by atoms with E-state index in [0.29, 0.717) is 6.07 Å². The van der Waals surface area contributed by atoms with Gasteiger partial charge in [0.15, 0.2) is 0 Å². The van der Waals surface area contributed by atoms with Crippen molar-refractivity contribution in [3.63, 3.8) is 0 Å². The lowest BCUT2D eigenvalue weighted by atomic mass is 10.0. The van der Waals surface area contributed by atoms with E-state index in [1.807, 2.05) is 32.0 Å². The minimum atomic E-state index is -1.17. The number of aryl methyl sites for hydroxylation is 2. The molecule has 0 aliphatic carbocycles. The lowest BCUT2D eigenvalue weighted by molar-refractivity contribution is -0.141. The number of benzene rings is 2. The molecule has 0 spiro atoms. The van der Waals surface area contributed by atoms with Gasteiger partial charge in [-0.3, -0.25) is 4.79 Å². The SMILES string of the molecule is Cc1ccc(C[C@@H](NC(=O)Cc2ccc(F)cc2F)C(=O)O)cc1C. The lowest BCUT2D eigenvalue weighted by Gasteiger charge is -2.15. The minimum absolute atomic E-state index is 0.00854. The van der Waals surface area contributed by atoms with Gasteiger partial charge in [-0.15, -0.1) is 0 Å². The van der Waals surface area contributed by atoms with E-state index in [1.165, 1.54) is 6.07 Å². The molecule has 2 aromatic carbocycles. The van der Waals surface area contributed by atoms with Crippen molar-refractivity contribution in [1.29, 1.82) is 0 Å². The van der Waals surface area contributed by atoms with Gasteiger partial charge in [-0.25, -0.2) is 13.6 Å². The number of aliphatic carboxylic acids is 1. The zero-order chi connectivity index (χ0) is 18.6.